The molecule has 2 nitrogen and oxygen atoms in total. The van der Waals surface area contributed by atoms with Gasteiger partial charge < -0.3 is 10.0 Å². The lowest BCUT2D eigenvalue weighted by atomic mass is 9.87. The van der Waals surface area contributed by atoms with Crippen molar-refractivity contribution in [3.8, 4) is 0 Å². The predicted molar refractivity (Wildman–Crippen MR) is 70.3 cm³/mol. The second kappa shape index (κ2) is 3.74. The van der Waals surface area contributed by atoms with Crippen molar-refractivity contribution in [1.82, 2.24) is 0 Å². The highest BCUT2D eigenvalue weighted by atomic mass is 16.3. The SMILES string of the molecule is CC(C)(O)C1Cc2ccccc2N1C1CCC1. The third-order valence-electron chi connectivity index (χ3n) is 4.30. The van der Waals surface area contributed by atoms with Crippen LogP contribution in [-0.2, 0) is 6.42 Å². The van der Waals surface area contributed by atoms with Crippen LogP contribution in [0.5, 0.6) is 0 Å². The van der Waals surface area contributed by atoms with Gasteiger partial charge in [0.05, 0.1) is 11.6 Å². The van der Waals surface area contributed by atoms with Crippen LogP contribution in [-0.4, -0.2) is 22.8 Å². The molecule has 1 atom stereocenters. The monoisotopic (exact) mass is 231 g/mol. The van der Waals surface area contributed by atoms with E-state index in [1.54, 1.807) is 0 Å². The van der Waals surface area contributed by atoms with Crippen LogP contribution in [0.3, 0.4) is 0 Å². The molecule has 1 heterocycles. The zero-order valence-electron chi connectivity index (χ0n) is 10.7. The topological polar surface area (TPSA) is 23.5 Å². The van der Waals surface area contributed by atoms with Gasteiger partial charge in [-0.3, -0.25) is 0 Å². The van der Waals surface area contributed by atoms with Crippen molar-refractivity contribution in [3.63, 3.8) is 0 Å². The summed E-state index contributed by atoms with van der Waals surface area (Å²) in [5.74, 6) is 0. The summed E-state index contributed by atoms with van der Waals surface area (Å²) >= 11 is 0. The van der Waals surface area contributed by atoms with Crippen LogP contribution in [0.15, 0.2) is 24.3 Å². The van der Waals surface area contributed by atoms with Gasteiger partial charge >= 0.3 is 0 Å². The zero-order chi connectivity index (χ0) is 12.0. The molecule has 0 amide bonds. The van der Waals surface area contributed by atoms with Gasteiger partial charge in [-0.2, -0.15) is 0 Å². The quantitative estimate of drug-likeness (QED) is 0.846. The number of aliphatic hydroxyl groups is 1. The minimum Gasteiger partial charge on any atom is -0.388 e. The van der Waals surface area contributed by atoms with E-state index in [4.69, 9.17) is 0 Å². The molecule has 1 aliphatic carbocycles. The lowest BCUT2D eigenvalue weighted by Crippen LogP contribution is -2.54. The molecule has 1 N–H and O–H groups in total. The second-order valence-electron chi connectivity index (χ2n) is 5.99. The molecule has 0 aromatic heterocycles. The molecule has 2 heteroatoms. The Hall–Kier alpha value is -1.02. The highest BCUT2D eigenvalue weighted by Crippen LogP contribution is 2.42. The summed E-state index contributed by atoms with van der Waals surface area (Å²) in [4.78, 5) is 2.48. The average molecular weight is 231 g/mol. The van der Waals surface area contributed by atoms with Crippen molar-refractivity contribution in [2.75, 3.05) is 4.90 Å². The summed E-state index contributed by atoms with van der Waals surface area (Å²) in [5, 5.41) is 10.4. The maximum atomic E-state index is 10.4. The molecule has 1 aliphatic heterocycles. The van der Waals surface area contributed by atoms with Crippen molar-refractivity contribution in [2.24, 2.45) is 0 Å². The molecule has 0 spiro atoms. The third-order valence-corrected chi connectivity index (χ3v) is 4.30. The van der Waals surface area contributed by atoms with Crippen LogP contribution >= 0.6 is 0 Å². The van der Waals surface area contributed by atoms with Gasteiger partial charge in [-0.15, -0.1) is 0 Å². The van der Waals surface area contributed by atoms with Crippen LogP contribution in [0.25, 0.3) is 0 Å². The number of rotatable bonds is 2. The van der Waals surface area contributed by atoms with Crippen molar-refractivity contribution in [3.05, 3.63) is 29.8 Å². The smallest absolute Gasteiger partial charge is 0.0797 e. The van der Waals surface area contributed by atoms with Crippen LogP contribution in [0.4, 0.5) is 5.69 Å². The molecule has 3 rings (SSSR count). The summed E-state index contributed by atoms with van der Waals surface area (Å²) < 4.78 is 0. The fourth-order valence-corrected chi connectivity index (χ4v) is 3.12. The molecular formula is C15H21NO. The molecule has 0 saturated heterocycles. The first kappa shape index (κ1) is 11.1. The Bertz CT molecular complexity index is 417. The van der Waals surface area contributed by atoms with E-state index in [9.17, 15) is 5.11 Å². The van der Waals surface area contributed by atoms with E-state index in [1.165, 1.54) is 30.5 Å². The Morgan fingerprint density at radius 2 is 1.94 bits per heavy atom. The Morgan fingerprint density at radius 3 is 2.53 bits per heavy atom. The van der Waals surface area contributed by atoms with Gasteiger partial charge in [0.15, 0.2) is 0 Å². The molecule has 1 aromatic carbocycles. The molecule has 1 aromatic rings. The minimum atomic E-state index is -0.630. The van der Waals surface area contributed by atoms with Crippen LogP contribution in [0.2, 0.25) is 0 Å². The summed E-state index contributed by atoms with van der Waals surface area (Å²) in [7, 11) is 0. The van der Waals surface area contributed by atoms with Crippen molar-refractivity contribution in [2.45, 2.75) is 57.2 Å². The molecular weight excluding hydrogens is 210 g/mol. The number of nitrogens with zero attached hydrogens (tertiary/aromatic N) is 1. The van der Waals surface area contributed by atoms with Crippen molar-refractivity contribution >= 4 is 5.69 Å². The van der Waals surface area contributed by atoms with E-state index in [2.05, 4.69) is 29.2 Å². The lowest BCUT2D eigenvalue weighted by Gasteiger charge is -2.44. The second-order valence-corrected chi connectivity index (χ2v) is 5.99. The maximum Gasteiger partial charge on any atom is 0.0797 e. The van der Waals surface area contributed by atoms with E-state index in [0.717, 1.165) is 6.42 Å². The first-order valence-corrected chi connectivity index (χ1v) is 6.66. The number of anilines is 1. The van der Waals surface area contributed by atoms with Crippen LogP contribution in [0.1, 0.15) is 38.7 Å². The lowest BCUT2D eigenvalue weighted by molar-refractivity contribution is 0.0461. The maximum absolute atomic E-state index is 10.4. The molecule has 2 aliphatic rings. The van der Waals surface area contributed by atoms with E-state index in [1.807, 2.05) is 13.8 Å². The number of para-hydroxylation sites is 1. The highest BCUT2D eigenvalue weighted by Gasteiger charge is 2.42. The first-order chi connectivity index (χ1) is 8.07. The highest BCUT2D eigenvalue weighted by molar-refractivity contribution is 5.61. The van der Waals surface area contributed by atoms with Gasteiger partial charge in [0.2, 0.25) is 0 Å². The van der Waals surface area contributed by atoms with Crippen LogP contribution < -0.4 is 4.90 Å². The molecule has 1 fully saturated rings. The molecule has 92 valence electrons. The van der Waals surface area contributed by atoms with Crippen molar-refractivity contribution < 1.29 is 5.11 Å². The van der Waals surface area contributed by atoms with Crippen LogP contribution in [0, 0.1) is 0 Å². The van der Waals surface area contributed by atoms with Gasteiger partial charge in [-0.25, -0.2) is 0 Å². The normalized spacial score (nSPS) is 24.6. The van der Waals surface area contributed by atoms with Gasteiger partial charge in [0.1, 0.15) is 0 Å². The largest absolute Gasteiger partial charge is 0.388 e. The Balaban J connectivity index is 1.98. The van der Waals surface area contributed by atoms with Gasteiger partial charge in [0.25, 0.3) is 0 Å². The third kappa shape index (κ3) is 1.75. The van der Waals surface area contributed by atoms with E-state index >= 15 is 0 Å². The first-order valence-electron chi connectivity index (χ1n) is 6.66. The Kier molecular flexibility index (Phi) is 2.44. The summed E-state index contributed by atoms with van der Waals surface area (Å²) in [6.45, 7) is 3.88. The predicted octanol–water partition coefficient (Wildman–Crippen LogP) is 2.74. The fourth-order valence-electron chi connectivity index (χ4n) is 3.12. The zero-order valence-corrected chi connectivity index (χ0v) is 10.7. The summed E-state index contributed by atoms with van der Waals surface area (Å²) in [6, 6.07) is 9.51. The summed E-state index contributed by atoms with van der Waals surface area (Å²) in [5.41, 5.74) is 2.12. The number of benzene rings is 1. The fraction of sp³-hybridized carbons (Fsp3) is 0.600. The number of fused-ring (bicyclic) bond motifs is 1. The molecule has 1 saturated carbocycles. The molecule has 0 radical (unpaired) electrons. The standard InChI is InChI=1S/C15H21NO/c1-15(2,17)14-10-11-6-3-4-9-13(11)16(14)12-7-5-8-12/h3-4,6,9,12,14,17H,5,7-8,10H2,1-2H3. The molecule has 1 unspecified atom stereocenters. The van der Waals surface area contributed by atoms with E-state index in [0.29, 0.717) is 6.04 Å². The van der Waals surface area contributed by atoms with Crippen molar-refractivity contribution in [1.29, 1.82) is 0 Å². The average Bonchev–Trinajstić information content (AvgIpc) is 2.55. The van der Waals surface area contributed by atoms with Gasteiger partial charge in [0, 0.05) is 11.7 Å². The summed E-state index contributed by atoms with van der Waals surface area (Å²) in [6.07, 6.45) is 4.87. The Morgan fingerprint density at radius 1 is 1.24 bits per heavy atom. The number of hydrogen-bond donors (Lipinski definition) is 1. The molecule has 17 heavy (non-hydrogen) atoms. The Labute approximate surface area is 103 Å². The minimum absolute atomic E-state index is 0.241. The van der Waals surface area contributed by atoms with E-state index < -0.39 is 5.60 Å². The van der Waals surface area contributed by atoms with Gasteiger partial charge in [-0.1, -0.05) is 18.2 Å². The van der Waals surface area contributed by atoms with Gasteiger partial charge in [-0.05, 0) is 51.2 Å². The molecule has 0 bridgehead atoms. The van der Waals surface area contributed by atoms with E-state index in [-0.39, 0.29) is 6.04 Å². The number of hydrogen-bond acceptors (Lipinski definition) is 2.